The van der Waals surface area contributed by atoms with E-state index in [4.69, 9.17) is 10.5 Å². The van der Waals surface area contributed by atoms with Gasteiger partial charge in [0.15, 0.2) is 12.4 Å². The fourth-order valence-electron chi connectivity index (χ4n) is 3.21. The molecule has 0 radical (unpaired) electrons. The number of aromatic amines is 1. The largest absolute Gasteiger partial charge is 0.454 e. The van der Waals surface area contributed by atoms with E-state index in [9.17, 15) is 9.59 Å². The van der Waals surface area contributed by atoms with E-state index in [1.54, 1.807) is 24.3 Å². The fraction of sp³-hybridized carbons (Fsp3) is 0.136. The first-order valence-corrected chi connectivity index (χ1v) is 9.68. The van der Waals surface area contributed by atoms with Crippen LogP contribution in [0.25, 0.3) is 10.9 Å². The number of carbonyl (C=O) groups is 1. The predicted octanol–water partition coefficient (Wildman–Crippen LogP) is 2.96. The van der Waals surface area contributed by atoms with Crippen molar-refractivity contribution in [1.82, 2.24) is 19.9 Å². The summed E-state index contributed by atoms with van der Waals surface area (Å²) < 4.78 is 5.35. The van der Waals surface area contributed by atoms with Crippen LogP contribution in [0.1, 0.15) is 28.7 Å². The molecule has 0 fully saturated rings. The minimum absolute atomic E-state index is 0.000802. The molecule has 156 valence electrons. The van der Waals surface area contributed by atoms with Crippen molar-refractivity contribution >= 4 is 34.5 Å². The lowest BCUT2D eigenvalue weighted by atomic mass is 10.1. The normalized spacial score (nSPS) is 10.7. The zero-order valence-corrected chi connectivity index (χ0v) is 16.8. The number of aromatic nitrogens is 4. The maximum Gasteiger partial charge on any atom is 0.339 e. The maximum absolute atomic E-state index is 12.6. The molecule has 0 saturated heterocycles. The number of pyridine rings is 1. The molecule has 0 atom stereocenters. The van der Waals surface area contributed by atoms with Crippen LogP contribution < -0.4 is 16.6 Å². The van der Waals surface area contributed by atoms with E-state index in [-0.39, 0.29) is 29.9 Å². The van der Waals surface area contributed by atoms with Crippen LogP contribution in [0.15, 0.2) is 59.4 Å². The first-order chi connectivity index (χ1) is 15.0. The van der Waals surface area contributed by atoms with E-state index >= 15 is 0 Å². The Morgan fingerprint density at radius 1 is 1.10 bits per heavy atom. The van der Waals surface area contributed by atoms with Gasteiger partial charge >= 0.3 is 5.97 Å². The van der Waals surface area contributed by atoms with Gasteiger partial charge in [-0.2, -0.15) is 15.0 Å². The molecule has 4 N–H and O–H groups in total. The topological polar surface area (TPSA) is 136 Å². The molecule has 4 rings (SSSR count). The van der Waals surface area contributed by atoms with Gasteiger partial charge in [0.05, 0.1) is 5.56 Å². The summed E-state index contributed by atoms with van der Waals surface area (Å²) in [5.41, 5.74) is 8.08. The summed E-state index contributed by atoms with van der Waals surface area (Å²) in [5, 5.41) is 3.71. The molecule has 31 heavy (non-hydrogen) atoms. The maximum atomic E-state index is 12.6. The van der Waals surface area contributed by atoms with E-state index in [1.807, 2.05) is 31.2 Å². The van der Waals surface area contributed by atoms with Crippen molar-refractivity contribution in [1.29, 1.82) is 0 Å². The number of hydrogen-bond donors (Lipinski definition) is 3. The van der Waals surface area contributed by atoms with Crippen LogP contribution in [0, 0.1) is 0 Å². The molecule has 0 unspecified atom stereocenters. The number of hydrogen-bond acceptors (Lipinski definition) is 8. The Kier molecular flexibility index (Phi) is 5.57. The Hall–Kier alpha value is -4.27. The number of nitrogens with one attached hydrogen (secondary N) is 2. The molecule has 0 aliphatic rings. The summed E-state index contributed by atoms with van der Waals surface area (Å²) in [5.74, 6) is -0.223. The number of ether oxygens (including phenoxy) is 1. The molecular formula is C22H20N6O3. The van der Waals surface area contributed by atoms with Crippen molar-refractivity contribution in [3.63, 3.8) is 0 Å². The molecular weight excluding hydrogens is 396 g/mol. The summed E-state index contributed by atoms with van der Waals surface area (Å²) in [7, 11) is 0. The number of fused-ring (bicyclic) bond motifs is 1. The minimum atomic E-state index is -0.660. The lowest BCUT2D eigenvalue weighted by molar-refractivity contribution is 0.0464. The van der Waals surface area contributed by atoms with Gasteiger partial charge in [-0.25, -0.2) is 4.79 Å². The van der Waals surface area contributed by atoms with Gasteiger partial charge in [-0.1, -0.05) is 43.3 Å². The van der Waals surface area contributed by atoms with Gasteiger partial charge in [-0.05, 0) is 24.1 Å². The molecule has 2 heterocycles. The Balaban J connectivity index is 1.54. The average molecular weight is 416 g/mol. The number of carbonyl (C=O) groups excluding carboxylic acids is 1. The third kappa shape index (κ3) is 4.50. The summed E-state index contributed by atoms with van der Waals surface area (Å²) in [6.07, 6.45) is 0.832. The Labute approximate surface area is 177 Å². The van der Waals surface area contributed by atoms with Crippen LogP contribution in [0.2, 0.25) is 0 Å². The van der Waals surface area contributed by atoms with Crippen LogP contribution >= 0.6 is 0 Å². The average Bonchev–Trinajstić information content (AvgIpc) is 2.77. The standard InChI is InChI=1S/C22H20N6O3/c1-2-13-7-3-5-9-16(13)25-22-27-18(26-21(23)28-22)12-31-20(30)15-11-19(29)24-17-10-6-4-8-14(15)17/h3-11H,2,12H2,1H3,(H,24,29)(H3,23,25,26,27,28). The van der Waals surface area contributed by atoms with Crippen molar-refractivity contribution in [2.75, 3.05) is 11.1 Å². The molecule has 0 saturated carbocycles. The minimum Gasteiger partial charge on any atom is -0.454 e. The second-order valence-electron chi connectivity index (χ2n) is 6.74. The number of para-hydroxylation sites is 2. The van der Waals surface area contributed by atoms with E-state index in [0.29, 0.717) is 10.9 Å². The lowest BCUT2D eigenvalue weighted by Crippen LogP contribution is -2.14. The fourth-order valence-corrected chi connectivity index (χ4v) is 3.21. The molecule has 2 aromatic heterocycles. The predicted molar refractivity (Wildman–Crippen MR) is 117 cm³/mol. The number of aryl methyl sites for hydroxylation is 1. The highest BCUT2D eigenvalue weighted by molar-refractivity contribution is 6.03. The molecule has 9 heteroatoms. The number of H-pyrrole nitrogens is 1. The second kappa shape index (κ2) is 8.62. The van der Waals surface area contributed by atoms with Gasteiger partial charge in [0, 0.05) is 22.7 Å². The van der Waals surface area contributed by atoms with E-state index < -0.39 is 11.5 Å². The quantitative estimate of drug-likeness (QED) is 0.408. The molecule has 0 aliphatic carbocycles. The number of benzene rings is 2. The monoisotopic (exact) mass is 416 g/mol. The zero-order valence-electron chi connectivity index (χ0n) is 16.8. The van der Waals surface area contributed by atoms with Crippen LogP contribution in [0.5, 0.6) is 0 Å². The van der Waals surface area contributed by atoms with Crippen molar-refractivity contribution in [2.45, 2.75) is 20.0 Å². The number of nitrogen functional groups attached to an aromatic ring is 1. The Bertz CT molecular complexity index is 1320. The first kappa shape index (κ1) is 20.0. The van der Waals surface area contributed by atoms with Gasteiger partial charge in [0.2, 0.25) is 17.5 Å². The summed E-state index contributed by atoms with van der Waals surface area (Å²) in [6, 6.07) is 16.0. The number of rotatable bonds is 6. The molecule has 0 spiro atoms. The summed E-state index contributed by atoms with van der Waals surface area (Å²) in [6.45, 7) is 1.82. The van der Waals surface area contributed by atoms with Crippen LogP contribution in [0.3, 0.4) is 0 Å². The molecule has 0 aliphatic heterocycles. The van der Waals surface area contributed by atoms with Gasteiger partial charge in [0.25, 0.3) is 0 Å². The van der Waals surface area contributed by atoms with Gasteiger partial charge in [0.1, 0.15) is 0 Å². The lowest BCUT2D eigenvalue weighted by Gasteiger charge is -2.11. The van der Waals surface area contributed by atoms with Crippen molar-refractivity contribution in [3.05, 3.63) is 81.9 Å². The van der Waals surface area contributed by atoms with E-state index in [0.717, 1.165) is 17.7 Å². The highest BCUT2D eigenvalue weighted by Gasteiger charge is 2.15. The van der Waals surface area contributed by atoms with Crippen molar-refractivity contribution < 1.29 is 9.53 Å². The summed E-state index contributed by atoms with van der Waals surface area (Å²) in [4.78, 5) is 39.6. The molecule has 0 bridgehead atoms. The number of esters is 1. The Morgan fingerprint density at radius 3 is 2.71 bits per heavy atom. The molecule has 2 aromatic carbocycles. The van der Waals surface area contributed by atoms with Gasteiger partial charge in [-0.3, -0.25) is 4.79 Å². The van der Waals surface area contributed by atoms with Gasteiger partial charge < -0.3 is 20.8 Å². The van der Waals surface area contributed by atoms with E-state index in [2.05, 4.69) is 25.3 Å². The second-order valence-corrected chi connectivity index (χ2v) is 6.74. The zero-order chi connectivity index (χ0) is 21.8. The highest BCUT2D eigenvalue weighted by atomic mass is 16.5. The number of anilines is 3. The van der Waals surface area contributed by atoms with Crippen LogP contribution in [-0.4, -0.2) is 25.9 Å². The molecule has 0 amide bonds. The third-order valence-electron chi connectivity index (χ3n) is 4.65. The summed E-state index contributed by atoms with van der Waals surface area (Å²) >= 11 is 0. The highest BCUT2D eigenvalue weighted by Crippen LogP contribution is 2.20. The van der Waals surface area contributed by atoms with E-state index in [1.165, 1.54) is 6.07 Å². The SMILES string of the molecule is CCc1ccccc1Nc1nc(N)nc(COC(=O)c2cc(=O)[nH]c3ccccc23)n1. The third-order valence-corrected chi connectivity index (χ3v) is 4.65. The van der Waals surface area contributed by atoms with Crippen LogP contribution in [0.4, 0.5) is 17.6 Å². The van der Waals surface area contributed by atoms with Crippen molar-refractivity contribution in [2.24, 2.45) is 0 Å². The molecule has 4 aromatic rings. The van der Waals surface area contributed by atoms with Crippen LogP contribution in [-0.2, 0) is 17.8 Å². The Morgan fingerprint density at radius 2 is 1.87 bits per heavy atom. The van der Waals surface area contributed by atoms with Gasteiger partial charge in [-0.15, -0.1) is 0 Å². The number of nitrogens with two attached hydrogens (primary N) is 1. The van der Waals surface area contributed by atoms with Crippen molar-refractivity contribution in [3.8, 4) is 0 Å². The number of nitrogens with zero attached hydrogens (tertiary/aromatic N) is 3. The first-order valence-electron chi connectivity index (χ1n) is 9.68. The smallest absolute Gasteiger partial charge is 0.339 e. The molecule has 9 nitrogen and oxygen atoms in total.